The summed E-state index contributed by atoms with van der Waals surface area (Å²) in [7, 11) is 0. The second-order valence-corrected chi connectivity index (χ2v) is 6.55. The normalized spacial score (nSPS) is 13.6. The van der Waals surface area contributed by atoms with Gasteiger partial charge in [-0.1, -0.05) is 35.9 Å². The van der Waals surface area contributed by atoms with E-state index in [2.05, 4.69) is 5.32 Å². The topological polar surface area (TPSA) is 46.2 Å². The van der Waals surface area contributed by atoms with E-state index in [-0.39, 0.29) is 11.7 Å². The molecule has 0 atom stereocenters. The number of fused-ring (bicyclic) bond motifs is 1. The van der Waals surface area contributed by atoms with Crippen molar-refractivity contribution in [3.63, 3.8) is 0 Å². The van der Waals surface area contributed by atoms with Gasteiger partial charge in [0, 0.05) is 34.2 Å². The molecule has 3 rings (SSSR count). The van der Waals surface area contributed by atoms with Gasteiger partial charge in [-0.25, -0.2) is 0 Å². The van der Waals surface area contributed by atoms with Crippen molar-refractivity contribution in [2.45, 2.75) is 17.9 Å². The number of nitrogens with one attached hydrogen (secondary N) is 1. The average molecular weight is 332 g/mol. The molecule has 1 amide bonds. The summed E-state index contributed by atoms with van der Waals surface area (Å²) in [6, 6.07) is 12.7. The maximum absolute atomic E-state index is 12.4. The fraction of sp³-hybridized carbons (Fsp3) is 0.176. The highest BCUT2D eigenvalue weighted by atomic mass is 35.5. The van der Waals surface area contributed by atoms with E-state index in [4.69, 9.17) is 11.6 Å². The summed E-state index contributed by atoms with van der Waals surface area (Å²) in [6.45, 7) is 0.429. The highest BCUT2D eigenvalue weighted by Gasteiger charge is 2.22. The van der Waals surface area contributed by atoms with Gasteiger partial charge in [0.2, 0.25) is 0 Å². The van der Waals surface area contributed by atoms with Crippen LogP contribution in [0, 0.1) is 0 Å². The van der Waals surface area contributed by atoms with Gasteiger partial charge >= 0.3 is 0 Å². The maximum Gasteiger partial charge on any atom is 0.252 e. The number of thioether (sulfide) groups is 1. The smallest absolute Gasteiger partial charge is 0.252 e. The van der Waals surface area contributed by atoms with Crippen molar-refractivity contribution in [3.05, 3.63) is 64.2 Å². The predicted molar refractivity (Wildman–Crippen MR) is 88.7 cm³/mol. The minimum absolute atomic E-state index is 0.112. The van der Waals surface area contributed by atoms with E-state index >= 15 is 0 Å². The Kier molecular flexibility index (Phi) is 4.50. The van der Waals surface area contributed by atoms with E-state index in [0.29, 0.717) is 29.1 Å². The Hall–Kier alpha value is -1.78. The van der Waals surface area contributed by atoms with Crippen LogP contribution >= 0.6 is 23.4 Å². The summed E-state index contributed by atoms with van der Waals surface area (Å²) in [4.78, 5) is 25.1. The first-order valence-electron chi connectivity index (χ1n) is 6.97. The number of hydrogen-bond donors (Lipinski definition) is 1. The van der Waals surface area contributed by atoms with Crippen molar-refractivity contribution < 1.29 is 9.59 Å². The van der Waals surface area contributed by atoms with Crippen molar-refractivity contribution in [1.82, 2.24) is 5.32 Å². The van der Waals surface area contributed by atoms with Gasteiger partial charge in [0.05, 0.1) is 5.56 Å². The number of carbonyl (C=O) groups excluding carboxylic acids is 2. The lowest BCUT2D eigenvalue weighted by Gasteiger charge is -2.17. The van der Waals surface area contributed by atoms with Crippen molar-refractivity contribution in [2.75, 3.05) is 5.75 Å². The lowest BCUT2D eigenvalue weighted by atomic mass is 10.0. The van der Waals surface area contributed by atoms with Crippen molar-refractivity contribution in [3.8, 4) is 0 Å². The minimum Gasteiger partial charge on any atom is -0.348 e. The second-order valence-electron chi connectivity index (χ2n) is 5.01. The van der Waals surface area contributed by atoms with Gasteiger partial charge in [0.15, 0.2) is 5.78 Å². The summed E-state index contributed by atoms with van der Waals surface area (Å²) in [5.41, 5.74) is 2.21. The second kappa shape index (κ2) is 6.55. The van der Waals surface area contributed by atoms with E-state index in [9.17, 15) is 9.59 Å². The molecule has 0 fully saturated rings. The largest absolute Gasteiger partial charge is 0.348 e. The third kappa shape index (κ3) is 3.18. The first kappa shape index (κ1) is 15.1. The zero-order valence-electron chi connectivity index (χ0n) is 11.8. The third-order valence-corrected chi connectivity index (χ3v) is 4.89. The number of halogens is 1. The first-order chi connectivity index (χ1) is 10.6. The van der Waals surface area contributed by atoms with Crippen LogP contribution in [0.2, 0.25) is 5.02 Å². The highest BCUT2D eigenvalue weighted by Crippen LogP contribution is 2.33. The molecule has 3 nitrogen and oxygen atoms in total. The van der Waals surface area contributed by atoms with Crippen LogP contribution in [0.3, 0.4) is 0 Å². The fourth-order valence-electron chi connectivity index (χ4n) is 2.35. The van der Waals surface area contributed by atoms with Crippen LogP contribution in [0.5, 0.6) is 0 Å². The van der Waals surface area contributed by atoms with Crippen molar-refractivity contribution >= 4 is 35.1 Å². The molecule has 0 bridgehead atoms. The lowest BCUT2D eigenvalue weighted by molar-refractivity contribution is 0.0947. The molecule has 0 spiro atoms. The first-order valence-corrected chi connectivity index (χ1v) is 8.33. The quantitative estimate of drug-likeness (QED) is 0.926. The Morgan fingerprint density at radius 1 is 1.18 bits per heavy atom. The van der Waals surface area contributed by atoms with Crippen LogP contribution in [-0.4, -0.2) is 17.4 Å². The Bertz CT molecular complexity index is 728. The van der Waals surface area contributed by atoms with Crippen molar-refractivity contribution in [1.29, 1.82) is 0 Å². The zero-order chi connectivity index (χ0) is 15.5. The van der Waals surface area contributed by atoms with Crippen molar-refractivity contribution in [2.24, 2.45) is 0 Å². The molecule has 112 valence electrons. The molecule has 0 aliphatic carbocycles. The minimum atomic E-state index is -0.158. The molecule has 2 aromatic rings. The number of Topliss-reactive ketones (excluding diaryl/α,β-unsaturated/α-hetero) is 1. The third-order valence-electron chi connectivity index (χ3n) is 3.50. The molecule has 0 radical (unpaired) electrons. The van der Waals surface area contributed by atoms with E-state index in [0.717, 1.165) is 16.2 Å². The lowest BCUT2D eigenvalue weighted by Crippen LogP contribution is -2.24. The van der Waals surface area contributed by atoms with Gasteiger partial charge in [0.25, 0.3) is 5.91 Å². The Balaban J connectivity index is 1.77. The van der Waals surface area contributed by atoms with Gasteiger partial charge in [-0.05, 0) is 23.8 Å². The molecule has 0 aromatic heterocycles. The van der Waals surface area contributed by atoms with E-state index < -0.39 is 0 Å². The van der Waals surface area contributed by atoms with E-state index in [1.54, 1.807) is 42.1 Å². The Morgan fingerprint density at radius 2 is 1.95 bits per heavy atom. The number of rotatable bonds is 3. The van der Waals surface area contributed by atoms with Crippen LogP contribution in [0.15, 0.2) is 47.4 Å². The molecule has 1 aliphatic rings. The van der Waals surface area contributed by atoms with E-state index in [1.165, 1.54) is 0 Å². The molecule has 1 aliphatic heterocycles. The highest BCUT2D eigenvalue weighted by molar-refractivity contribution is 7.99. The molecule has 0 unspecified atom stereocenters. The van der Waals surface area contributed by atoms with Gasteiger partial charge < -0.3 is 5.32 Å². The number of benzene rings is 2. The summed E-state index contributed by atoms with van der Waals surface area (Å²) in [6.07, 6.45) is 0.535. The van der Waals surface area contributed by atoms with Gasteiger partial charge in [-0.15, -0.1) is 11.8 Å². The van der Waals surface area contributed by atoms with Gasteiger partial charge in [-0.3, -0.25) is 9.59 Å². The summed E-state index contributed by atoms with van der Waals surface area (Å²) in [5.74, 6) is 0.683. The standard InChI is InChI=1S/C17H14ClNO2S/c18-12-6-4-11(5-7-12)10-19-17(21)14-3-1-2-13-15(20)8-9-22-16(13)14/h1-7H,8-10H2,(H,19,21). The monoisotopic (exact) mass is 331 g/mol. The van der Waals surface area contributed by atoms with E-state index in [1.807, 2.05) is 12.1 Å². The van der Waals surface area contributed by atoms with Crippen LogP contribution in [0.1, 0.15) is 32.7 Å². The maximum atomic E-state index is 12.4. The van der Waals surface area contributed by atoms with Crippen LogP contribution in [0.4, 0.5) is 0 Å². The SMILES string of the molecule is O=C1CCSc2c1cccc2C(=O)NCc1ccc(Cl)cc1. The van der Waals surface area contributed by atoms with Crippen LogP contribution in [-0.2, 0) is 6.54 Å². The average Bonchev–Trinajstić information content (AvgIpc) is 2.54. The molecule has 5 heteroatoms. The number of hydrogen-bond acceptors (Lipinski definition) is 3. The molecule has 0 saturated heterocycles. The van der Waals surface area contributed by atoms with Crippen LogP contribution in [0.25, 0.3) is 0 Å². The summed E-state index contributed by atoms with van der Waals surface area (Å²) >= 11 is 7.41. The predicted octanol–water partition coefficient (Wildman–Crippen LogP) is 3.95. The number of carbonyl (C=O) groups is 2. The molecule has 1 heterocycles. The molecular weight excluding hydrogens is 318 g/mol. The van der Waals surface area contributed by atoms with Crippen LogP contribution < -0.4 is 5.32 Å². The zero-order valence-corrected chi connectivity index (χ0v) is 13.3. The summed E-state index contributed by atoms with van der Waals surface area (Å²) in [5, 5.41) is 3.56. The van der Waals surface area contributed by atoms with Gasteiger partial charge in [0.1, 0.15) is 0 Å². The number of ketones is 1. The fourth-order valence-corrected chi connectivity index (χ4v) is 3.62. The molecule has 1 N–H and O–H groups in total. The molecule has 0 saturated carbocycles. The molecular formula is C17H14ClNO2S. The summed E-state index contributed by atoms with van der Waals surface area (Å²) < 4.78 is 0. The molecule has 22 heavy (non-hydrogen) atoms. The molecule has 2 aromatic carbocycles. The Labute approximate surface area is 138 Å². The Morgan fingerprint density at radius 3 is 2.73 bits per heavy atom. The number of amides is 1. The van der Waals surface area contributed by atoms with Gasteiger partial charge in [-0.2, -0.15) is 0 Å².